The van der Waals surface area contributed by atoms with E-state index in [0.717, 1.165) is 49.8 Å². The van der Waals surface area contributed by atoms with Crippen LogP contribution in [0.4, 0.5) is 0 Å². The molecular formula is C19H29BrN2O2. The maximum absolute atomic E-state index is 13.2. The van der Waals surface area contributed by atoms with Crippen molar-refractivity contribution in [2.75, 3.05) is 33.4 Å². The van der Waals surface area contributed by atoms with E-state index >= 15 is 0 Å². The number of ether oxygens (including phenoxy) is 1. The summed E-state index contributed by atoms with van der Waals surface area (Å²) in [5, 5.41) is 3.38. The molecule has 0 aliphatic carbocycles. The first-order valence-electron chi connectivity index (χ1n) is 8.90. The second kappa shape index (κ2) is 10.2. The Kier molecular flexibility index (Phi) is 8.22. The van der Waals surface area contributed by atoms with Crippen molar-refractivity contribution in [2.45, 2.75) is 38.6 Å². The van der Waals surface area contributed by atoms with E-state index < -0.39 is 0 Å². The van der Waals surface area contributed by atoms with Crippen molar-refractivity contribution in [3.05, 3.63) is 34.3 Å². The molecule has 2 rings (SSSR count). The molecule has 1 N–H and O–H groups in total. The summed E-state index contributed by atoms with van der Waals surface area (Å²) in [7, 11) is 1.70. The molecule has 134 valence electrons. The van der Waals surface area contributed by atoms with Gasteiger partial charge in [-0.3, -0.25) is 4.79 Å². The molecule has 1 aromatic rings. The van der Waals surface area contributed by atoms with Crippen LogP contribution in [0.15, 0.2) is 28.7 Å². The SMILES string of the molecule is CCCN(C(=O)C(CCOC)Cc1cccc(Br)c1)C1CCNC1. The lowest BCUT2D eigenvalue weighted by Gasteiger charge is -2.32. The maximum Gasteiger partial charge on any atom is 0.226 e. The van der Waals surface area contributed by atoms with Gasteiger partial charge in [-0.15, -0.1) is 0 Å². The number of amides is 1. The highest BCUT2D eigenvalue weighted by molar-refractivity contribution is 9.10. The Morgan fingerprint density at radius 3 is 2.96 bits per heavy atom. The lowest BCUT2D eigenvalue weighted by atomic mass is 9.94. The molecule has 5 heteroatoms. The Hall–Kier alpha value is -0.910. The molecular weight excluding hydrogens is 368 g/mol. The van der Waals surface area contributed by atoms with E-state index in [0.29, 0.717) is 12.6 Å². The monoisotopic (exact) mass is 396 g/mol. The molecule has 0 bridgehead atoms. The van der Waals surface area contributed by atoms with Gasteiger partial charge in [-0.1, -0.05) is 35.0 Å². The number of rotatable bonds is 9. The van der Waals surface area contributed by atoms with Crippen LogP contribution in [0.2, 0.25) is 0 Å². The summed E-state index contributed by atoms with van der Waals surface area (Å²) in [5.41, 5.74) is 1.19. The minimum atomic E-state index is -0.0219. The lowest BCUT2D eigenvalue weighted by molar-refractivity contribution is -0.138. The minimum Gasteiger partial charge on any atom is -0.385 e. The molecule has 4 nitrogen and oxygen atoms in total. The van der Waals surface area contributed by atoms with Gasteiger partial charge < -0.3 is 15.0 Å². The third-order valence-corrected chi connectivity index (χ3v) is 5.11. The lowest BCUT2D eigenvalue weighted by Crippen LogP contribution is -2.45. The molecule has 1 aromatic carbocycles. The molecule has 1 heterocycles. The summed E-state index contributed by atoms with van der Waals surface area (Å²) in [4.78, 5) is 15.4. The Labute approximate surface area is 154 Å². The van der Waals surface area contributed by atoms with Crippen LogP contribution < -0.4 is 5.32 Å². The number of carbonyl (C=O) groups is 1. The molecule has 2 unspecified atom stereocenters. The fourth-order valence-corrected chi connectivity index (χ4v) is 3.82. The molecule has 24 heavy (non-hydrogen) atoms. The normalized spacial score (nSPS) is 18.5. The van der Waals surface area contributed by atoms with E-state index in [2.05, 4.69) is 45.2 Å². The summed E-state index contributed by atoms with van der Waals surface area (Å²) in [6, 6.07) is 8.59. The Bertz CT molecular complexity index is 518. The number of nitrogens with zero attached hydrogens (tertiary/aromatic N) is 1. The Balaban J connectivity index is 2.12. The second-order valence-corrected chi connectivity index (χ2v) is 7.41. The van der Waals surface area contributed by atoms with Crippen LogP contribution in [0.25, 0.3) is 0 Å². The fourth-order valence-electron chi connectivity index (χ4n) is 3.37. The summed E-state index contributed by atoms with van der Waals surface area (Å²) < 4.78 is 6.32. The van der Waals surface area contributed by atoms with Gasteiger partial charge in [0.2, 0.25) is 5.91 Å². The average molecular weight is 397 g/mol. The predicted molar refractivity (Wildman–Crippen MR) is 101 cm³/mol. The van der Waals surface area contributed by atoms with Crippen LogP contribution in [0, 0.1) is 5.92 Å². The van der Waals surface area contributed by atoms with Gasteiger partial charge in [-0.25, -0.2) is 0 Å². The van der Waals surface area contributed by atoms with Gasteiger partial charge in [-0.05, 0) is 49.9 Å². The highest BCUT2D eigenvalue weighted by Crippen LogP contribution is 2.21. The third kappa shape index (κ3) is 5.57. The zero-order valence-electron chi connectivity index (χ0n) is 14.8. The summed E-state index contributed by atoms with van der Waals surface area (Å²) in [6.07, 6.45) is 3.58. The fraction of sp³-hybridized carbons (Fsp3) is 0.632. The molecule has 0 radical (unpaired) electrons. The molecule has 0 saturated carbocycles. The molecule has 0 aromatic heterocycles. The molecule has 1 saturated heterocycles. The van der Waals surface area contributed by atoms with Crippen LogP contribution in [-0.4, -0.2) is 50.2 Å². The molecule has 2 atom stereocenters. The topological polar surface area (TPSA) is 41.6 Å². The number of halogens is 1. The first-order chi connectivity index (χ1) is 11.7. The largest absolute Gasteiger partial charge is 0.385 e. The number of benzene rings is 1. The molecule has 0 spiro atoms. The zero-order valence-corrected chi connectivity index (χ0v) is 16.3. The third-order valence-electron chi connectivity index (χ3n) is 4.61. The summed E-state index contributed by atoms with van der Waals surface area (Å²) in [5.74, 6) is 0.258. The smallest absolute Gasteiger partial charge is 0.226 e. The Morgan fingerprint density at radius 2 is 2.33 bits per heavy atom. The second-order valence-electron chi connectivity index (χ2n) is 6.49. The molecule has 1 fully saturated rings. The van der Waals surface area contributed by atoms with E-state index in [-0.39, 0.29) is 11.8 Å². The van der Waals surface area contributed by atoms with Crippen LogP contribution in [0.3, 0.4) is 0 Å². The quantitative estimate of drug-likeness (QED) is 0.696. The number of hydrogen-bond donors (Lipinski definition) is 1. The zero-order chi connectivity index (χ0) is 17.4. The molecule has 1 aliphatic heterocycles. The van der Waals surface area contributed by atoms with Crippen molar-refractivity contribution in [1.82, 2.24) is 10.2 Å². The molecule has 1 amide bonds. The van der Waals surface area contributed by atoms with Crippen LogP contribution in [0.1, 0.15) is 31.7 Å². The van der Waals surface area contributed by atoms with Crippen molar-refractivity contribution in [2.24, 2.45) is 5.92 Å². The van der Waals surface area contributed by atoms with Crippen LogP contribution in [0.5, 0.6) is 0 Å². The maximum atomic E-state index is 13.2. The van der Waals surface area contributed by atoms with Gasteiger partial charge in [0.05, 0.1) is 0 Å². The van der Waals surface area contributed by atoms with Crippen molar-refractivity contribution in [1.29, 1.82) is 0 Å². The molecule has 1 aliphatic rings. The first kappa shape index (κ1) is 19.4. The van der Waals surface area contributed by atoms with E-state index in [1.807, 2.05) is 12.1 Å². The van der Waals surface area contributed by atoms with E-state index in [4.69, 9.17) is 4.74 Å². The average Bonchev–Trinajstić information content (AvgIpc) is 3.10. The highest BCUT2D eigenvalue weighted by Gasteiger charge is 2.30. The van der Waals surface area contributed by atoms with Crippen molar-refractivity contribution < 1.29 is 9.53 Å². The summed E-state index contributed by atoms with van der Waals surface area (Å²) in [6.45, 7) is 5.52. The van der Waals surface area contributed by atoms with Gasteiger partial charge in [0.1, 0.15) is 0 Å². The van der Waals surface area contributed by atoms with E-state index in [1.54, 1.807) is 7.11 Å². The van der Waals surface area contributed by atoms with Crippen molar-refractivity contribution in [3.8, 4) is 0 Å². The number of carbonyl (C=O) groups excluding carboxylic acids is 1. The minimum absolute atomic E-state index is 0.0219. The van der Waals surface area contributed by atoms with Crippen molar-refractivity contribution >= 4 is 21.8 Å². The number of nitrogens with one attached hydrogen (secondary N) is 1. The first-order valence-corrected chi connectivity index (χ1v) is 9.69. The van der Waals surface area contributed by atoms with Crippen molar-refractivity contribution in [3.63, 3.8) is 0 Å². The highest BCUT2D eigenvalue weighted by atomic mass is 79.9. The summed E-state index contributed by atoms with van der Waals surface area (Å²) >= 11 is 3.52. The van der Waals surface area contributed by atoms with E-state index in [1.165, 1.54) is 5.56 Å². The Morgan fingerprint density at radius 1 is 1.50 bits per heavy atom. The predicted octanol–water partition coefficient (Wildman–Crippen LogP) is 3.24. The van der Waals surface area contributed by atoms with Gasteiger partial charge in [0, 0.05) is 43.2 Å². The number of hydrogen-bond acceptors (Lipinski definition) is 3. The van der Waals surface area contributed by atoms with Crippen LogP contribution >= 0.6 is 15.9 Å². The van der Waals surface area contributed by atoms with Crippen LogP contribution in [-0.2, 0) is 16.0 Å². The standard InChI is InChI=1S/C19H29BrN2O2/c1-3-10-22(18-7-9-21-14-18)19(23)16(8-11-24-2)12-15-5-4-6-17(20)13-15/h4-6,13,16,18,21H,3,7-12,14H2,1-2H3. The van der Waals surface area contributed by atoms with Gasteiger partial charge in [0.25, 0.3) is 0 Å². The number of methoxy groups -OCH3 is 1. The van der Waals surface area contributed by atoms with Gasteiger partial charge in [-0.2, -0.15) is 0 Å². The van der Waals surface area contributed by atoms with Gasteiger partial charge in [0.15, 0.2) is 0 Å². The van der Waals surface area contributed by atoms with E-state index in [9.17, 15) is 4.79 Å². The van der Waals surface area contributed by atoms with Gasteiger partial charge >= 0.3 is 0 Å².